The van der Waals surface area contributed by atoms with Gasteiger partial charge in [0, 0.05) is 12.1 Å². The predicted molar refractivity (Wildman–Crippen MR) is 74.6 cm³/mol. The van der Waals surface area contributed by atoms with Crippen LogP contribution in [0.5, 0.6) is 0 Å². The van der Waals surface area contributed by atoms with E-state index in [1.54, 1.807) is 0 Å². The molecule has 0 radical (unpaired) electrons. The van der Waals surface area contributed by atoms with E-state index in [2.05, 4.69) is 9.80 Å². The fourth-order valence-corrected chi connectivity index (χ4v) is 3.23. The highest BCUT2D eigenvalue weighted by atomic mass is 16.3. The van der Waals surface area contributed by atoms with Crippen molar-refractivity contribution in [1.29, 1.82) is 0 Å². The van der Waals surface area contributed by atoms with Gasteiger partial charge in [-0.15, -0.1) is 0 Å². The third kappa shape index (κ3) is 4.19. The zero-order valence-corrected chi connectivity index (χ0v) is 11.6. The minimum atomic E-state index is -0.0372. The summed E-state index contributed by atoms with van der Waals surface area (Å²) in [6.45, 7) is 6.22. The molecular formula is C14H29N3O. The van der Waals surface area contributed by atoms with Gasteiger partial charge in [-0.1, -0.05) is 6.42 Å². The molecule has 2 aliphatic rings. The molecule has 1 unspecified atom stereocenters. The third-order valence-electron chi connectivity index (χ3n) is 4.51. The molecule has 2 aliphatic heterocycles. The Bertz CT molecular complexity index is 223. The van der Waals surface area contributed by atoms with Gasteiger partial charge in [-0.2, -0.15) is 0 Å². The molecule has 0 amide bonds. The van der Waals surface area contributed by atoms with Crippen LogP contribution in [-0.4, -0.2) is 66.3 Å². The second-order valence-corrected chi connectivity index (χ2v) is 5.90. The summed E-state index contributed by atoms with van der Waals surface area (Å²) in [5, 5.41) is 8.93. The molecule has 2 fully saturated rings. The van der Waals surface area contributed by atoms with E-state index in [-0.39, 0.29) is 12.6 Å². The van der Waals surface area contributed by atoms with Gasteiger partial charge in [0.05, 0.1) is 6.61 Å². The molecule has 2 rings (SSSR count). The summed E-state index contributed by atoms with van der Waals surface area (Å²) in [5.41, 5.74) is 5.75. The molecule has 4 nitrogen and oxygen atoms in total. The van der Waals surface area contributed by atoms with E-state index in [1.165, 1.54) is 58.3 Å². The highest BCUT2D eigenvalue weighted by Crippen LogP contribution is 2.20. The molecule has 0 aromatic carbocycles. The van der Waals surface area contributed by atoms with Crippen LogP contribution >= 0.6 is 0 Å². The molecule has 0 bridgehead atoms. The molecule has 0 spiro atoms. The lowest BCUT2D eigenvalue weighted by molar-refractivity contribution is 0.0901. The summed E-state index contributed by atoms with van der Waals surface area (Å²) in [6, 6.07) is 0.790. The van der Waals surface area contributed by atoms with Crippen molar-refractivity contribution in [2.75, 3.05) is 39.3 Å². The Hall–Kier alpha value is -0.160. The van der Waals surface area contributed by atoms with Gasteiger partial charge in [0.1, 0.15) is 0 Å². The van der Waals surface area contributed by atoms with Crippen molar-refractivity contribution in [2.24, 2.45) is 5.73 Å². The summed E-state index contributed by atoms with van der Waals surface area (Å²) >= 11 is 0. The summed E-state index contributed by atoms with van der Waals surface area (Å²) in [4.78, 5) is 5.22. The van der Waals surface area contributed by atoms with Crippen LogP contribution < -0.4 is 5.73 Å². The Labute approximate surface area is 111 Å². The number of aliphatic hydroxyl groups is 1. The van der Waals surface area contributed by atoms with Crippen LogP contribution in [0.2, 0.25) is 0 Å². The number of piperidine rings is 2. The fraction of sp³-hybridized carbons (Fsp3) is 1.00. The maximum Gasteiger partial charge on any atom is 0.0583 e. The van der Waals surface area contributed by atoms with Crippen LogP contribution in [0.3, 0.4) is 0 Å². The number of hydrogen-bond acceptors (Lipinski definition) is 4. The first-order valence-electron chi connectivity index (χ1n) is 7.62. The summed E-state index contributed by atoms with van der Waals surface area (Å²) < 4.78 is 0. The Balaban J connectivity index is 1.64. The number of nitrogens with two attached hydrogens (primary N) is 1. The average molecular weight is 255 g/mol. The second-order valence-electron chi connectivity index (χ2n) is 5.90. The highest BCUT2D eigenvalue weighted by Gasteiger charge is 2.25. The van der Waals surface area contributed by atoms with Crippen LogP contribution in [0.15, 0.2) is 0 Å². The predicted octanol–water partition coefficient (Wildman–Crippen LogP) is 0.646. The number of hydrogen-bond donors (Lipinski definition) is 2. The van der Waals surface area contributed by atoms with E-state index in [0.29, 0.717) is 0 Å². The zero-order valence-electron chi connectivity index (χ0n) is 11.6. The normalized spacial score (nSPS) is 26.3. The van der Waals surface area contributed by atoms with Gasteiger partial charge >= 0.3 is 0 Å². The van der Waals surface area contributed by atoms with Crippen molar-refractivity contribution in [3.8, 4) is 0 Å². The molecule has 0 aliphatic carbocycles. The van der Waals surface area contributed by atoms with Crippen molar-refractivity contribution in [3.05, 3.63) is 0 Å². The zero-order chi connectivity index (χ0) is 12.8. The van der Waals surface area contributed by atoms with Gasteiger partial charge in [0.25, 0.3) is 0 Å². The minimum Gasteiger partial charge on any atom is -0.395 e. The SMILES string of the molecule is NC(CO)CCN1CCC(N2CCCCC2)CC1. The monoisotopic (exact) mass is 255 g/mol. The smallest absolute Gasteiger partial charge is 0.0583 e. The lowest BCUT2D eigenvalue weighted by Gasteiger charge is -2.40. The molecular weight excluding hydrogens is 226 g/mol. The van der Waals surface area contributed by atoms with Crippen molar-refractivity contribution in [1.82, 2.24) is 9.80 Å². The van der Waals surface area contributed by atoms with E-state index in [0.717, 1.165) is 19.0 Å². The highest BCUT2D eigenvalue weighted by molar-refractivity contribution is 4.81. The second kappa shape index (κ2) is 7.43. The minimum absolute atomic E-state index is 0.0372. The number of aliphatic hydroxyl groups excluding tert-OH is 1. The van der Waals surface area contributed by atoms with Crippen LogP contribution in [0.4, 0.5) is 0 Å². The summed E-state index contributed by atoms with van der Waals surface area (Å²) in [5.74, 6) is 0. The number of nitrogens with zero attached hydrogens (tertiary/aromatic N) is 2. The summed E-state index contributed by atoms with van der Waals surface area (Å²) in [7, 11) is 0. The quantitative estimate of drug-likeness (QED) is 0.757. The van der Waals surface area contributed by atoms with Crippen molar-refractivity contribution < 1.29 is 5.11 Å². The van der Waals surface area contributed by atoms with Gasteiger partial charge in [0.15, 0.2) is 0 Å². The van der Waals surface area contributed by atoms with E-state index >= 15 is 0 Å². The van der Waals surface area contributed by atoms with Crippen LogP contribution in [0.1, 0.15) is 38.5 Å². The Kier molecular flexibility index (Phi) is 5.89. The molecule has 3 N–H and O–H groups in total. The molecule has 1 atom stereocenters. The summed E-state index contributed by atoms with van der Waals surface area (Å²) in [6.07, 6.45) is 7.76. The van der Waals surface area contributed by atoms with Crippen molar-refractivity contribution >= 4 is 0 Å². The molecule has 2 saturated heterocycles. The third-order valence-corrected chi connectivity index (χ3v) is 4.51. The van der Waals surface area contributed by atoms with Gasteiger partial charge < -0.3 is 20.6 Å². The standard InChI is InChI=1S/C14H29N3O/c15-13(12-18)4-9-16-10-5-14(6-11-16)17-7-2-1-3-8-17/h13-14,18H,1-12,15H2. The maximum absolute atomic E-state index is 8.93. The Morgan fingerprint density at radius 2 is 1.72 bits per heavy atom. The molecule has 0 aromatic heterocycles. The molecule has 18 heavy (non-hydrogen) atoms. The van der Waals surface area contributed by atoms with Gasteiger partial charge in [-0.25, -0.2) is 0 Å². The Morgan fingerprint density at radius 3 is 2.33 bits per heavy atom. The lowest BCUT2D eigenvalue weighted by Crippen LogP contribution is -2.47. The molecule has 106 valence electrons. The first-order chi connectivity index (χ1) is 8.79. The molecule has 0 saturated carbocycles. The van der Waals surface area contributed by atoms with Crippen LogP contribution in [0, 0.1) is 0 Å². The van der Waals surface area contributed by atoms with Crippen LogP contribution in [-0.2, 0) is 0 Å². The number of likely N-dealkylation sites (tertiary alicyclic amines) is 2. The molecule has 0 aromatic rings. The lowest BCUT2D eigenvalue weighted by atomic mass is 9.99. The topological polar surface area (TPSA) is 52.7 Å². The van der Waals surface area contributed by atoms with Crippen molar-refractivity contribution in [2.45, 2.75) is 50.6 Å². The first-order valence-corrected chi connectivity index (χ1v) is 7.62. The maximum atomic E-state index is 8.93. The average Bonchev–Trinajstić information content (AvgIpc) is 2.46. The number of rotatable bonds is 5. The van der Waals surface area contributed by atoms with Gasteiger partial charge in [0.2, 0.25) is 0 Å². The molecule has 2 heterocycles. The van der Waals surface area contributed by atoms with E-state index in [4.69, 9.17) is 10.8 Å². The van der Waals surface area contributed by atoms with Gasteiger partial charge in [-0.3, -0.25) is 0 Å². The molecule has 4 heteroatoms. The fourth-order valence-electron chi connectivity index (χ4n) is 3.23. The van der Waals surface area contributed by atoms with E-state index in [1.807, 2.05) is 0 Å². The van der Waals surface area contributed by atoms with Crippen molar-refractivity contribution in [3.63, 3.8) is 0 Å². The largest absolute Gasteiger partial charge is 0.395 e. The first kappa shape index (κ1) is 14.3. The van der Waals surface area contributed by atoms with Gasteiger partial charge in [-0.05, 0) is 64.8 Å². The van der Waals surface area contributed by atoms with Crippen LogP contribution in [0.25, 0.3) is 0 Å². The van der Waals surface area contributed by atoms with E-state index < -0.39 is 0 Å². The Morgan fingerprint density at radius 1 is 1.06 bits per heavy atom. The van der Waals surface area contributed by atoms with E-state index in [9.17, 15) is 0 Å².